The van der Waals surface area contributed by atoms with E-state index < -0.39 is 6.10 Å². The highest BCUT2D eigenvalue weighted by atomic mass is 35.5. The first-order chi connectivity index (χ1) is 10.6. The molecule has 0 spiro atoms. The largest absolute Gasteiger partial charge is 0.387 e. The van der Waals surface area contributed by atoms with Gasteiger partial charge >= 0.3 is 6.03 Å². The van der Waals surface area contributed by atoms with E-state index in [0.717, 1.165) is 11.4 Å². The highest BCUT2D eigenvalue weighted by molar-refractivity contribution is 7.09. The first-order valence-electron chi connectivity index (χ1n) is 6.98. The van der Waals surface area contributed by atoms with Crippen LogP contribution in [0.15, 0.2) is 35.8 Å². The van der Waals surface area contributed by atoms with E-state index in [0.29, 0.717) is 10.6 Å². The molecule has 2 rings (SSSR count). The molecule has 0 saturated carbocycles. The summed E-state index contributed by atoms with van der Waals surface area (Å²) < 4.78 is 0. The van der Waals surface area contributed by atoms with Crippen LogP contribution in [0.5, 0.6) is 0 Å². The number of hydrogen-bond acceptors (Lipinski definition) is 4. The quantitative estimate of drug-likeness (QED) is 0.756. The molecule has 0 bridgehead atoms. The first-order valence-corrected chi connectivity index (χ1v) is 8.23. The van der Waals surface area contributed by atoms with E-state index in [2.05, 4.69) is 15.6 Å². The van der Waals surface area contributed by atoms with Crippen molar-refractivity contribution in [1.82, 2.24) is 15.6 Å². The van der Waals surface area contributed by atoms with Crippen LogP contribution >= 0.6 is 22.9 Å². The lowest BCUT2D eigenvalue weighted by atomic mass is 10.1. The fourth-order valence-corrected chi connectivity index (χ4v) is 3.03. The van der Waals surface area contributed by atoms with Gasteiger partial charge in [-0.25, -0.2) is 9.78 Å². The highest BCUT2D eigenvalue weighted by Gasteiger charge is 2.16. The molecule has 2 aromatic rings. The predicted octanol–water partition coefficient (Wildman–Crippen LogP) is 3.28. The summed E-state index contributed by atoms with van der Waals surface area (Å²) in [5, 5.41) is 18.8. The van der Waals surface area contributed by atoms with Crippen LogP contribution < -0.4 is 10.6 Å². The first kappa shape index (κ1) is 16.7. The van der Waals surface area contributed by atoms with Crippen molar-refractivity contribution in [3.05, 3.63) is 51.4 Å². The third-order valence-corrected chi connectivity index (χ3v) is 4.42. The number of halogens is 1. The van der Waals surface area contributed by atoms with E-state index in [4.69, 9.17) is 11.6 Å². The molecular weight excluding hydrogens is 322 g/mol. The summed E-state index contributed by atoms with van der Waals surface area (Å²) in [6.07, 6.45) is 1.61. The monoisotopic (exact) mass is 339 g/mol. The summed E-state index contributed by atoms with van der Waals surface area (Å²) in [6, 6.07) is 6.55. The molecule has 1 aromatic carbocycles. The van der Waals surface area contributed by atoms with Gasteiger partial charge in [-0.1, -0.05) is 36.7 Å². The lowest BCUT2D eigenvalue weighted by Gasteiger charge is -2.17. The number of nitrogens with zero attached hydrogens (tertiary/aromatic N) is 1. The number of thiazole rings is 1. The molecule has 0 fully saturated rings. The normalized spacial score (nSPS) is 13.4. The van der Waals surface area contributed by atoms with Crippen molar-refractivity contribution in [2.24, 2.45) is 0 Å². The van der Waals surface area contributed by atoms with Crippen LogP contribution in [0.1, 0.15) is 36.1 Å². The summed E-state index contributed by atoms with van der Waals surface area (Å²) >= 11 is 7.51. The predicted molar refractivity (Wildman–Crippen MR) is 88.1 cm³/mol. The van der Waals surface area contributed by atoms with Crippen molar-refractivity contribution in [2.75, 3.05) is 6.54 Å². The fraction of sp³-hybridized carbons (Fsp3) is 0.333. The molecule has 0 aliphatic carbocycles. The number of amides is 2. The van der Waals surface area contributed by atoms with Crippen LogP contribution in [-0.4, -0.2) is 22.7 Å². The van der Waals surface area contributed by atoms with E-state index in [9.17, 15) is 9.90 Å². The Morgan fingerprint density at radius 3 is 2.86 bits per heavy atom. The molecule has 0 aliphatic heterocycles. The Morgan fingerprint density at radius 1 is 1.45 bits per heavy atom. The van der Waals surface area contributed by atoms with Gasteiger partial charge in [-0.2, -0.15) is 0 Å². The number of carbonyl (C=O) groups is 1. The Hall–Kier alpha value is -1.63. The Balaban J connectivity index is 1.86. The standard InChI is InChI=1S/C15H18ClN3O2S/c1-2-12(14-17-7-8-22-14)19-15(21)18-9-13(20)10-5-3-4-6-11(10)16/h3-8,12-13,20H,2,9H2,1H3,(H2,18,19,21). The molecule has 1 aromatic heterocycles. The number of hydrogen-bond donors (Lipinski definition) is 3. The van der Waals surface area contributed by atoms with Crippen LogP contribution in [0, 0.1) is 0 Å². The molecule has 3 N–H and O–H groups in total. The number of aliphatic hydroxyl groups excluding tert-OH is 1. The van der Waals surface area contributed by atoms with Crippen molar-refractivity contribution in [2.45, 2.75) is 25.5 Å². The van der Waals surface area contributed by atoms with Crippen LogP contribution in [0.4, 0.5) is 4.79 Å². The summed E-state index contributed by atoms with van der Waals surface area (Å²) in [5.41, 5.74) is 0.594. The minimum absolute atomic E-state index is 0.0872. The van der Waals surface area contributed by atoms with Crippen molar-refractivity contribution in [3.8, 4) is 0 Å². The summed E-state index contributed by atoms with van der Waals surface area (Å²) in [4.78, 5) is 16.1. The van der Waals surface area contributed by atoms with Crippen LogP contribution in [-0.2, 0) is 0 Å². The van der Waals surface area contributed by atoms with Gasteiger partial charge in [-0.05, 0) is 12.5 Å². The molecule has 0 saturated heterocycles. The molecular formula is C15H18ClN3O2S. The SMILES string of the molecule is CCC(NC(=O)NCC(O)c1ccccc1Cl)c1nccs1. The third-order valence-electron chi connectivity index (χ3n) is 3.18. The maximum absolute atomic E-state index is 11.9. The number of aromatic nitrogens is 1. The Morgan fingerprint density at radius 2 is 2.23 bits per heavy atom. The van der Waals surface area contributed by atoms with E-state index in [1.807, 2.05) is 12.3 Å². The zero-order chi connectivity index (χ0) is 15.9. The Labute approximate surface area is 138 Å². The number of urea groups is 1. The number of aliphatic hydroxyl groups is 1. The molecule has 1 heterocycles. The summed E-state index contributed by atoms with van der Waals surface area (Å²) in [6.45, 7) is 2.06. The van der Waals surface area contributed by atoms with Gasteiger partial charge < -0.3 is 15.7 Å². The molecule has 2 atom stereocenters. The van der Waals surface area contributed by atoms with Crippen LogP contribution in [0.2, 0.25) is 5.02 Å². The second kappa shape index (κ2) is 8.12. The van der Waals surface area contributed by atoms with E-state index in [-0.39, 0.29) is 18.6 Å². The van der Waals surface area contributed by atoms with Crippen molar-refractivity contribution in [1.29, 1.82) is 0 Å². The average Bonchev–Trinajstić information content (AvgIpc) is 3.05. The zero-order valence-corrected chi connectivity index (χ0v) is 13.7. The third kappa shape index (κ3) is 4.43. The molecule has 7 heteroatoms. The minimum atomic E-state index is -0.848. The Bertz CT molecular complexity index is 607. The molecule has 2 unspecified atom stereocenters. The summed E-state index contributed by atoms with van der Waals surface area (Å²) in [5.74, 6) is 0. The molecule has 0 aliphatic rings. The van der Waals surface area contributed by atoms with Gasteiger partial charge in [-0.15, -0.1) is 11.3 Å². The number of nitrogens with one attached hydrogen (secondary N) is 2. The van der Waals surface area contributed by atoms with E-state index in [1.54, 1.807) is 30.5 Å². The number of carbonyl (C=O) groups excluding carboxylic acids is 1. The van der Waals surface area contributed by atoms with Crippen molar-refractivity contribution in [3.63, 3.8) is 0 Å². The van der Waals surface area contributed by atoms with Gasteiger partial charge in [0.15, 0.2) is 0 Å². The number of benzene rings is 1. The van der Waals surface area contributed by atoms with Crippen molar-refractivity contribution >= 4 is 29.0 Å². The summed E-state index contributed by atoms with van der Waals surface area (Å²) in [7, 11) is 0. The van der Waals surface area contributed by atoms with Gasteiger partial charge in [0, 0.05) is 28.7 Å². The smallest absolute Gasteiger partial charge is 0.315 e. The van der Waals surface area contributed by atoms with Gasteiger partial charge in [0.25, 0.3) is 0 Å². The lowest BCUT2D eigenvalue weighted by molar-refractivity contribution is 0.172. The van der Waals surface area contributed by atoms with E-state index in [1.165, 1.54) is 11.3 Å². The zero-order valence-electron chi connectivity index (χ0n) is 12.1. The molecule has 5 nitrogen and oxygen atoms in total. The van der Waals surface area contributed by atoms with Crippen LogP contribution in [0.3, 0.4) is 0 Å². The number of rotatable bonds is 6. The topological polar surface area (TPSA) is 74.2 Å². The van der Waals surface area contributed by atoms with Gasteiger partial charge in [0.1, 0.15) is 5.01 Å². The van der Waals surface area contributed by atoms with Crippen molar-refractivity contribution < 1.29 is 9.90 Å². The van der Waals surface area contributed by atoms with E-state index >= 15 is 0 Å². The highest BCUT2D eigenvalue weighted by Crippen LogP contribution is 2.22. The second-order valence-corrected chi connectivity index (χ2v) is 6.06. The van der Waals surface area contributed by atoms with Gasteiger partial charge in [0.05, 0.1) is 12.1 Å². The van der Waals surface area contributed by atoms with Crippen LogP contribution in [0.25, 0.3) is 0 Å². The average molecular weight is 340 g/mol. The lowest BCUT2D eigenvalue weighted by Crippen LogP contribution is -2.39. The maximum Gasteiger partial charge on any atom is 0.315 e. The molecule has 0 radical (unpaired) electrons. The van der Waals surface area contributed by atoms with Gasteiger partial charge in [0.2, 0.25) is 0 Å². The minimum Gasteiger partial charge on any atom is -0.387 e. The Kier molecular flexibility index (Phi) is 6.18. The van der Waals surface area contributed by atoms with Gasteiger partial charge in [-0.3, -0.25) is 0 Å². The fourth-order valence-electron chi connectivity index (χ4n) is 2.00. The molecule has 118 valence electrons. The molecule has 2 amide bonds. The molecule has 22 heavy (non-hydrogen) atoms. The second-order valence-electron chi connectivity index (χ2n) is 4.72. The maximum atomic E-state index is 11.9.